The number of benzene rings is 7. The first-order valence-electron chi connectivity index (χ1n) is 17.8. The van der Waals surface area contributed by atoms with E-state index in [0.717, 1.165) is 45.2 Å². The molecule has 0 atom stereocenters. The van der Waals surface area contributed by atoms with Crippen LogP contribution in [0.3, 0.4) is 0 Å². The zero-order valence-corrected chi connectivity index (χ0v) is 30.6. The van der Waals surface area contributed by atoms with Crippen molar-refractivity contribution in [3.05, 3.63) is 118 Å². The molecule has 0 saturated carbocycles. The molecule has 2 heterocycles. The average Bonchev–Trinajstić information content (AvgIpc) is 3.14. The molecule has 2 aliphatic heterocycles. The van der Waals surface area contributed by atoms with Gasteiger partial charge in [-0.15, -0.1) is 0 Å². The molecule has 0 fully saturated rings. The van der Waals surface area contributed by atoms with Crippen LogP contribution in [0.1, 0.15) is 104 Å². The number of hydrogen-bond acceptors (Lipinski definition) is 6. The van der Waals surface area contributed by atoms with E-state index >= 15 is 0 Å². The molecule has 0 unspecified atom stereocenters. The van der Waals surface area contributed by atoms with E-state index in [1.807, 2.05) is 90.1 Å². The van der Waals surface area contributed by atoms with E-state index in [0.29, 0.717) is 66.1 Å². The van der Waals surface area contributed by atoms with E-state index in [9.17, 15) is 28.8 Å². The number of carbonyl (C=O) groups excluding carboxylic acids is 6. The Hall–Kier alpha value is -6.54. The van der Waals surface area contributed by atoms with Gasteiger partial charge in [0.25, 0.3) is 23.6 Å². The quantitative estimate of drug-likeness (QED) is 0.0779. The van der Waals surface area contributed by atoms with Gasteiger partial charge >= 0.3 is 0 Å². The number of hydrogen-bond donors (Lipinski definition) is 0. The molecule has 54 heavy (non-hydrogen) atoms. The molecule has 0 bridgehead atoms. The third-order valence-corrected chi connectivity index (χ3v) is 10.9. The first-order chi connectivity index (χ1) is 25.6. The first-order valence-corrected chi connectivity index (χ1v) is 17.8. The summed E-state index contributed by atoms with van der Waals surface area (Å²) in [4.78, 5) is 83.6. The van der Waals surface area contributed by atoms with Gasteiger partial charge < -0.3 is 0 Å². The summed E-state index contributed by atoms with van der Waals surface area (Å²) >= 11 is 0. The summed E-state index contributed by atoms with van der Waals surface area (Å²) in [6.45, 7) is 11.0. The molecule has 0 saturated heterocycles. The van der Waals surface area contributed by atoms with Crippen LogP contribution in [0.15, 0.2) is 84.9 Å². The predicted octanol–water partition coefficient (Wildman–Crippen LogP) is 9.49. The third kappa shape index (κ3) is 4.37. The second-order valence-electron chi connectivity index (χ2n) is 16.2. The molecule has 8 heteroatoms. The van der Waals surface area contributed by atoms with Crippen molar-refractivity contribution in [2.45, 2.75) is 52.6 Å². The number of fused-ring (bicyclic) bond motifs is 2. The highest BCUT2D eigenvalue weighted by molar-refractivity contribution is 6.44. The Morgan fingerprint density at radius 1 is 0.389 bits per heavy atom. The Labute approximate surface area is 310 Å². The molecule has 0 N–H and O–H groups in total. The molecule has 7 aromatic carbocycles. The molecular weight excluding hydrogens is 677 g/mol. The molecular formula is C46H34N2O6. The predicted molar refractivity (Wildman–Crippen MR) is 210 cm³/mol. The van der Waals surface area contributed by atoms with E-state index < -0.39 is 22.9 Å². The molecule has 264 valence electrons. The molecule has 2 aliphatic rings. The molecule has 0 aliphatic carbocycles. The number of carbonyl (C=O) groups is 6. The molecule has 0 spiro atoms. The second kappa shape index (κ2) is 11.0. The van der Waals surface area contributed by atoms with Crippen molar-refractivity contribution in [1.82, 2.24) is 9.80 Å². The van der Waals surface area contributed by atoms with Gasteiger partial charge in [0.1, 0.15) is 12.6 Å². The SMILES string of the molecule is CC(C)(C)N1C(=O)c2ccc3c4c(-c5ccc(C=O)cc5)cc5c6c(ccc(c7c(-c8ccc(C=O)cc8)cc(c2c37)C1=O)c64)C(=O)N(C(C)(C)C)C5=O. The summed E-state index contributed by atoms with van der Waals surface area (Å²) in [5, 5.41) is 5.49. The highest BCUT2D eigenvalue weighted by Crippen LogP contribution is 2.52. The van der Waals surface area contributed by atoms with Gasteiger partial charge in [0.05, 0.1) is 0 Å². The Morgan fingerprint density at radius 2 is 0.722 bits per heavy atom. The van der Waals surface area contributed by atoms with Crippen LogP contribution in [0.25, 0.3) is 65.3 Å². The minimum Gasteiger partial charge on any atom is -0.298 e. The van der Waals surface area contributed by atoms with Crippen LogP contribution in [-0.4, -0.2) is 57.1 Å². The summed E-state index contributed by atoms with van der Waals surface area (Å²) in [6, 6.07) is 25.3. The smallest absolute Gasteiger partial charge is 0.261 e. The van der Waals surface area contributed by atoms with Crippen LogP contribution in [0.2, 0.25) is 0 Å². The number of aldehydes is 2. The van der Waals surface area contributed by atoms with Gasteiger partial charge in [-0.05, 0) is 120 Å². The lowest BCUT2D eigenvalue weighted by molar-refractivity contribution is 0.0442. The van der Waals surface area contributed by atoms with Gasteiger partial charge in [-0.3, -0.25) is 38.6 Å². The Balaban J connectivity index is 1.55. The fourth-order valence-corrected chi connectivity index (χ4v) is 8.62. The highest BCUT2D eigenvalue weighted by atomic mass is 16.2. The van der Waals surface area contributed by atoms with Gasteiger partial charge in [-0.1, -0.05) is 60.7 Å². The lowest BCUT2D eigenvalue weighted by Gasteiger charge is -2.38. The van der Waals surface area contributed by atoms with Gasteiger partial charge in [0.15, 0.2) is 0 Å². The summed E-state index contributed by atoms with van der Waals surface area (Å²) in [5.74, 6) is -1.60. The van der Waals surface area contributed by atoms with Crippen molar-refractivity contribution in [1.29, 1.82) is 0 Å². The summed E-state index contributed by atoms with van der Waals surface area (Å²) < 4.78 is 0. The fraction of sp³-hybridized carbons (Fsp3) is 0.174. The van der Waals surface area contributed by atoms with Crippen LogP contribution in [-0.2, 0) is 0 Å². The summed E-state index contributed by atoms with van der Waals surface area (Å²) in [7, 11) is 0. The van der Waals surface area contributed by atoms with E-state index in [-0.39, 0.29) is 11.8 Å². The highest BCUT2D eigenvalue weighted by Gasteiger charge is 2.43. The second-order valence-corrected chi connectivity index (χ2v) is 16.2. The maximum Gasteiger partial charge on any atom is 0.261 e. The van der Waals surface area contributed by atoms with Gasteiger partial charge in [-0.2, -0.15) is 0 Å². The lowest BCUT2D eigenvalue weighted by atomic mass is 9.77. The van der Waals surface area contributed by atoms with Crippen LogP contribution in [0, 0.1) is 0 Å². The standard InChI is InChI=1S/C46H34N2O6/c1-45(2,3)47-41(51)29-17-15-27-36-32(26-13-9-24(22-50)10-14-26)20-34-38-30(42(52)48(44(34)54)46(4,5)6)18-16-28(40(36)38)35-31(25-11-7-23(21-49)8-12-25)19-33(43(47)53)37(29)39(27)35/h7-22H,1-6H3. The number of amides is 4. The normalized spacial score (nSPS) is 14.7. The number of imide groups is 2. The zero-order chi connectivity index (χ0) is 38.2. The van der Waals surface area contributed by atoms with Crippen molar-refractivity contribution < 1.29 is 28.8 Å². The fourth-order valence-electron chi connectivity index (χ4n) is 8.62. The molecule has 9 rings (SSSR count). The molecule has 4 amide bonds. The van der Waals surface area contributed by atoms with E-state index in [4.69, 9.17) is 0 Å². The molecule has 0 radical (unpaired) electrons. The van der Waals surface area contributed by atoms with Crippen LogP contribution in [0.4, 0.5) is 0 Å². The topological polar surface area (TPSA) is 109 Å². The lowest BCUT2D eigenvalue weighted by Crippen LogP contribution is -2.51. The van der Waals surface area contributed by atoms with E-state index in [1.54, 1.807) is 36.4 Å². The average molecular weight is 711 g/mol. The summed E-state index contributed by atoms with van der Waals surface area (Å²) in [5.41, 5.74) is 3.85. The van der Waals surface area contributed by atoms with Crippen LogP contribution >= 0.6 is 0 Å². The van der Waals surface area contributed by atoms with Crippen LogP contribution < -0.4 is 0 Å². The number of nitrogens with zero attached hydrogens (tertiary/aromatic N) is 2. The minimum atomic E-state index is -0.808. The number of rotatable bonds is 4. The maximum atomic E-state index is 14.5. The van der Waals surface area contributed by atoms with E-state index in [1.165, 1.54) is 9.80 Å². The van der Waals surface area contributed by atoms with Gasteiger partial charge in [0.2, 0.25) is 0 Å². The van der Waals surface area contributed by atoms with E-state index in [2.05, 4.69) is 0 Å². The van der Waals surface area contributed by atoms with Crippen LogP contribution in [0.5, 0.6) is 0 Å². The minimum absolute atomic E-state index is 0.381. The largest absolute Gasteiger partial charge is 0.298 e. The maximum absolute atomic E-state index is 14.5. The molecule has 7 aromatic rings. The van der Waals surface area contributed by atoms with Crippen molar-refractivity contribution in [3.63, 3.8) is 0 Å². The third-order valence-electron chi connectivity index (χ3n) is 10.9. The van der Waals surface area contributed by atoms with Gasteiger partial charge in [-0.25, -0.2) is 0 Å². The Kier molecular flexibility index (Phi) is 6.78. The first kappa shape index (κ1) is 33.3. The van der Waals surface area contributed by atoms with Crippen molar-refractivity contribution in [2.75, 3.05) is 0 Å². The molecule has 0 aromatic heterocycles. The van der Waals surface area contributed by atoms with Gasteiger partial charge in [0, 0.05) is 55.2 Å². The monoisotopic (exact) mass is 710 g/mol. The Bertz CT molecular complexity index is 2690. The van der Waals surface area contributed by atoms with Crippen molar-refractivity contribution in [2.24, 2.45) is 0 Å². The summed E-state index contributed by atoms with van der Waals surface area (Å²) in [6.07, 6.45) is 1.55. The Morgan fingerprint density at radius 3 is 1.04 bits per heavy atom. The zero-order valence-electron chi connectivity index (χ0n) is 30.6. The van der Waals surface area contributed by atoms with Crippen molar-refractivity contribution in [3.8, 4) is 22.3 Å². The van der Waals surface area contributed by atoms with Crippen molar-refractivity contribution >= 4 is 79.3 Å². The molecule has 8 nitrogen and oxygen atoms in total.